The molecule has 0 amide bonds. The van der Waals surface area contributed by atoms with Gasteiger partial charge in [0.15, 0.2) is 11.0 Å². The van der Waals surface area contributed by atoms with Crippen LogP contribution in [0.5, 0.6) is 11.5 Å². The Hall–Kier alpha value is -2.02. The van der Waals surface area contributed by atoms with Gasteiger partial charge in [0.25, 0.3) is 0 Å². The number of phenolic OH excluding ortho intramolecular Hbond substituents is 2. The zero-order valence-electron chi connectivity index (χ0n) is 10.1. The summed E-state index contributed by atoms with van der Waals surface area (Å²) in [6.07, 6.45) is 0. The molecule has 1 heterocycles. The molecule has 3 rings (SSSR count). The molecule has 2 N–H and O–H groups in total. The Labute approximate surface area is 127 Å². The zero-order chi connectivity index (χ0) is 14.3. The first kappa shape index (κ1) is 13.0. The van der Waals surface area contributed by atoms with Gasteiger partial charge < -0.3 is 14.6 Å². The van der Waals surface area contributed by atoms with Gasteiger partial charge in [0, 0.05) is 17.7 Å². The van der Waals surface area contributed by atoms with Gasteiger partial charge in [-0.2, -0.15) is 0 Å². The van der Waals surface area contributed by atoms with Crippen molar-refractivity contribution in [1.82, 2.24) is 0 Å². The minimum Gasteiger partial charge on any atom is -0.507 e. The molecule has 0 fully saturated rings. The molecule has 0 radical (unpaired) electrons. The van der Waals surface area contributed by atoms with E-state index in [1.165, 1.54) is 6.07 Å². The first-order chi connectivity index (χ1) is 9.58. The van der Waals surface area contributed by atoms with Gasteiger partial charge in [-0.1, -0.05) is 30.3 Å². The molecule has 0 unspecified atom stereocenters. The lowest BCUT2D eigenvalue weighted by atomic mass is 10.1. The van der Waals surface area contributed by atoms with Gasteiger partial charge in [-0.15, -0.1) is 0 Å². The van der Waals surface area contributed by atoms with Crippen LogP contribution in [0.4, 0.5) is 0 Å². The highest BCUT2D eigenvalue weighted by Gasteiger charge is 2.16. The largest absolute Gasteiger partial charge is 0.507 e. The van der Waals surface area contributed by atoms with Crippen LogP contribution >= 0.6 is 22.6 Å². The molecule has 0 aliphatic carbocycles. The summed E-state index contributed by atoms with van der Waals surface area (Å²) in [7, 11) is 0. The Kier molecular flexibility index (Phi) is 3.13. The van der Waals surface area contributed by atoms with E-state index in [9.17, 15) is 15.0 Å². The maximum absolute atomic E-state index is 12.2. The third kappa shape index (κ3) is 2.03. The zero-order valence-corrected chi connectivity index (χ0v) is 12.3. The molecule has 3 aromatic rings. The van der Waals surface area contributed by atoms with Gasteiger partial charge in [0.1, 0.15) is 22.6 Å². The van der Waals surface area contributed by atoms with E-state index in [0.29, 0.717) is 9.33 Å². The summed E-state index contributed by atoms with van der Waals surface area (Å²) < 4.78 is 6.09. The van der Waals surface area contributed by atoms with E-state index in [1.807, 2.05) is 52.9 Å². The average molecular weight is 380 g/mol. The highest BCUT2D eigenvalue weighted by atomic mass is 127. The number of halogens is 1. The summed E-state index contributed by atoms with van der Waals surface area (Å²) in [4.78, 5) is 12.2. The highest BCUT2D eigenvalue weighted by Crippen LogP contribution is 2.35. The van der Waals surface area contributed by atoms with Crippen molar-refractivity contribution < 1.29 is 14.6 Å². The lowest BCUT2D eigenvalue weighted by Crippen LogP contribution is -2.01. The monoisotopic (exact) mass is 380 g/mol. The van der Waals surface area contributed by atoms with E-state index >= 15 is 0 Å². The molecule has 0 saturated carbocycles. The van der Waals surface area contributed by atoms with Crippen molar-refractivity contribution in [1.29, 1.82) is 0 Å². The molecule has 4 nitrogen and oxygen atoms in total. The van der Waals surface area contributed by atoms with E-state index in [2.05, 4.69) is 0 Å². The molecule has 20 heavy (non-hydrogen) atoms. The lowest BCUT2D eigenvalue weighted by Gasteiger charge is -2.07. The van der Waals surface area contributed by atoms with Crippen LogP contribution < -0.4 is 5.43 Å². The van der Waals surface area contributed by atoms with Gasteiger partial charge in [-0.3, -0.25) is 4.79 Å². The first-order valence-corrected chi connectivity index (χ1v) is 6.89. The Morgan fingerprint density at radius 3 is 2.40 bits per heavy atom. The normalized spacial score (nSPS) is 10.8. The molecular formula is C15H9IO4. The Morgan fingerprint density at radius 2 is 1.70 bits per heavy atom. The Balaban J connectivity index is 2.40. The van der Waals surface area contributed by atoms with Crippen LogP contribution in [0.15, 0.2) is 51.7 Å². The summed E-state index contributed by atoms with van der Waals surface area (Å²) in [6.45, 7) is 0. The molecule has 100 valence electrons. The van der Waals surface area contributed by atoms with Crippen LogP contribution in [0, 0.1) is 3.57 Å². The first-order valence-electron chi connectivity index (χ1n) is 5.81. The van der Waals surface area contributed by atoms with Gasteiger partial charge in [-0.25, -0.2) is 0 Å². The third-order valence-electron chi connectivity index (χ3n) is 2.96. The van der Waals surface area contributed by atoms with Crippen molar-refractivity contribution in [2.45, 2.75) is 0 Å². The predicted octanol–water partition coefficient (Wildman–Crippen LogP) is 3.48. The second-order valence-electron chi connectivity index (χ2n) is 4.27. The molecule has 2 aromatic carbocycles. The predicted molar refractivity (Wildman–Crippen MR) is 84.0 cm³/mol. The highest BCUT2D eigenvalue weighted by molar-refractivity contribution is 14.1. The fourth-order valence-electron chi connectivity index (χ4n) is 2.02. The van der Waals surface area contributed by atoms with Gasteiger partial charge in [0.05, 0.1) is 3.57 Å². The summed E-state index contributed by atoms with van der Waals surface area (Å²) >= 11 is 1.88. The quantitative estimate of drug-likeness (QED) is 0.635. The summed E-state index contributed by atoms with van der Waals surface area (Å²) in [5.74, 6) is -0.0127. The van der Waals surface area contributed by atoms with Crippen molar-refractivity contribution in [3.8, 4) is 22.8 Å². The standard InChI is InChI=1S/C15H9IO4/c16-14-11(19)6-9(17)13-10(18)7-12(20-15(13)14)8-4-2-1-3-5-8/h1-7,17,19H. The maximum atomic E-state index is 12.2. The van der Waals surface area contributed by atoms with Gasteiger partial charge in [0.2, 0.25) is 0 Å². The van der Waals surface area contributed by atoms with Crippen molar-refractivity contribution in [2.24, 2.45) is 0 Å². The molecule has 5 heteroatoms. The van der Waals surface area contributed by atoms with Gasteiger partial charge >= 0.3 is 0 Å². The Morgan fingerprint density at radius 1 is 1.00 bits per heavy atom. The van der Waals surface area contributed by atoms with Gasteiger partial charge in [-0.05, 0) is 22.6 Å². The topological polar surface area (TPSA) is 70.7 Å². The van der Waals surface area contributed by atoms with Crippen LogP contribution in [0.25, 0.3) is 22.3 Å². The van der Waals surface area contributed by atoms with E-state index in [-0.39, 0.29) is 27.9 Å². The van der Waals surface area contributed by atoms with Crippen molar-refractivity contribution in [3.63, 3.8) is 0 Å². The van der Waals surface area contributed by atoms with E-state index in [4.69, 9.17) is 4.42 Å². The fourth-order valence-corrected chi connectivity index (χ4v) is 2.55. The lowest BCUT2D eigenvalue weighted by molar-refractivity contribution is 0.449. The van der Waals surface area contributed by atoms with Crippen molar-refractivity contribution >= 4 is 33.6 Å². The second-order valence-corrected chi connectivity index (χ2v) is 5.35. The van der Waals surface area contributed by atoms with E-state index in [0.717, 1.165) is 11.6 Å². The summed E-state index contributed by atoms with van der Waals surface area (Å²) in [6, 6.07) is 11.7. The molecule has 0 aliphatic heterocycles. The second kappa shape index (κ2) is 4.82. The minimum absolute atomic E-state index is 0.0758. The number of aromatic hydroxyl groups is 2. The van der Waals surface area contributed by atoms with Crippen LogP contribution in [0.3, 0.4) is 0 Å². The van der Waals surface area contributed by atoms with Crippen LogP contribution in [0.1, 0.15) is 0 Å². The molecule has 0 aliphatic rings. The molecule has 0 atom stereocenters. The minimum atomic E-state index is -0.347. The van der Waals surface area contributed by atoms with E-state index < -0.39 is 0 Å². The van der Waals surface area contributed by atoms with E-state index in [1.54, 1.807) is 0 Å². The van der Waals surface area contributed by atoms with Crippen LogP contribution in [0.2, 0.25) is 0 Å². The number of rotatable bonds is 1. The molecule has 0 spiro atoms. The number of phenols is 2. The average Bonchev–Trinajstić information content (AvgIpc) is 2.45. The Bertz CT molecular complexity index is 853. The van der Waals surface area contributed by atoms with Crippen LogP contribution in [-0.4, -0.2) is 10.2 Å². The summed E-state index contributed by atoms with van der Waals surface area (Å²) in [5.41, 5.74) is 0.597. The van der Waals surface area contributed by atoms with Crippen LogP contribution in [-0.2, 0) is 0 Å². The third-order valence-corrected chi connectivity index (χ3v) is 4.00. The molecule has 1 aromatic heterocycles. The smallest absolute Gasteiger partial charge is 0.197 e. The fraction of sp³-hybridized carbons (Fsp3) is 0. The maximum Gasteiger partial charge on any atom is 0.197 e. The number of hydrogen-bond donors (Lipinski definition) is 2. The molecular weight excluding hydrogens is 371 g/mol. The van der Waals surface area contributed by atoms with Crippen molar-refractivity contribution in [3.05, 3.63) is 56.3 Å². The number of benzene rings is 2. The molecule has 0 saturated heterocycles. The SMILES string of the molecule is O=c1cc(-c2ccccc2)oc2c(I)c(O)cc(O)c12. The molecule has 0 bridgehead atoms. The van der Waals surface area contributed by atoms with Crippen molar-refractivity contribution in [2.75, 3.05) is 0 Å². The summed E-state index contributed by atoms with van der Waals surface area (Å²) in [5, 5.41) is 19.6. The number of hydrogen-bond acceptors (Lipinski definition) is 4. The number of fused-ring (bicyclic) bond motifs is 1.